The smallest absolute Gasteiger partial charge is 0.270 e. The van der Waals surface area contributed by atoms with Crippen molar-refractivity contribution in [2.75, 3.05) is 13.1 Å². The van der Waals surface area contributed by atoms with Gasteiger partial charge in [-0.1, -0.05) is 12.8 Å². The third kappa shape index (κ3) is 3.82. The first kappa shape index (κ1) is 14.1. The summed E-state index contributed by atoms with van der Waals surface area (Å²) in [6, 6.07) is 0. The van der Waals surface area contributed by atoms with E-state index in [0.29, 0.717) is 12.1 Å². The number of rotatable bonds is 3. The Bertz CT molecular complexity index is 347. The quantitative estimate of drug-likeness (QED) is 0.483. The first-order valence-corrected chi connectivity index (χ1v) is 7.54. The number of allylic oxidation sites excluding steroid dienone is 1. The summed E-state index contributed by atoms with van der Waals surface area (Å²) in [5.41, 5.74) is 1.72. The third-order valence-corrected chi connectivity index (χ3v) is 4.12. The zero-order valence-electron chi connectivity index (χ0n) is 11.6. The molecule has 0 radical (unpaired) electrons. The molecule has 1 saturated heterocycles. The number of hydrogen-bond donors (Lipinski definition) is 1. The van der Waals surface area contributed by atoms with Crippen molar-refractivity contribution in [3.63, 3.8) is 0 Å². The van der Waals surface area contributed by atoms with Gasteiger partial charge in [0.25, 0.3) is 5.91 Å². The number of likely N-dealkylation sites (tertiary alicyclic amines) is 1. The zero-order valence-corrected chi connectivity index (χ0v) is 11.6. The van der Waals surface area contributed by atoms with Crippen LogP contribution in [0.3, 0.4) is 0 Å². The van der Waals surface area contributed by atoms with Crippen LogP contribution in [0.2, 0.25) is 0 Å². The Balaban J connectivity index is 2.14. The summed E-state index contributed by atoms with van der Waals surface area (Å²) in [6.07, 6.45) is 10.6. The predicted molar refractivity (Wildman–Crippen MR) is 74.4 cm³/mol. The molecule has 1 N–H and O–H groups in total. The van der Waals surface area contributed by atoms with Gasteiger partial charge in [0.1, 0.15) is 5.70 Å². The van der Waals surface area contributed by atoms with Gasteiger partial charge >= 0.3 is 0 Å². The molecule has 1 aliphatic carbocycles. The Morgan fingerprint density at radius 1 is 0.947 bits per heavy atom. The molecule has 106 valence electrons. The molecule has 0 aromatic rings. The zero-order chi connectivity index (χ0) is 13.5. The lowest BCUT2D eigenvalue weighted by molar-refractivity contribution is -0.129. The van der Waals surface area contributed by atoms with Crippen LogP contribution in [-0.2, 0) is 9.59 Å². The van der Waals surface area contributed by atoms with E-state index >= 15 is 0 Å². The van der Waals surface area contributed by atoms with Crippen LogP contribution in [0.4, 0.5) is 0 Å². The number of hydrogen-bond acceptors (Lipinski definition) is 2. The lowest BCUT2D eigenvalue weighted by atomic mass is 10.0. The van der Waals surface area contributed by atoms with Crippen LogP contribution in [0.1, 0.15) is 57.8 Å². The number of carbonyl (C=O) groups excluding carboxylic acids is 2. The van der Waals surface area contributed by atoms with Gasteiger partial charge in [0.05, 0.1) is 0 Å². The first-order valence-electron chi connectivity index (χ1n) is 7.54. The van der Waals surface area contributed by atoms with E-state index in [9.17, 15) is 9.59 Å². The summed E-state index contributed by atoms with van der Waals surface area (Å²) in [7, 11) is 0. The maximum Gasteiger partial charge on any atom is 0.270 e. The molecule has 1 saturated carbocycles. The largest absolute Gasteiger partial charge is 0.337 e. The van der Waals surface area contributed by atoms with E-state index in [4.69, 9.17) is 0 Å². The molecule has 1 heterocycles. The van der Waals surface area contributed by atoms with Crippen LogP contribution in [0, 0.1) is 0 Å². The fraction of sp³-hybridized carbons (Fsp3) is 0.733. The Labute approximate surface area is 115 Å². The Hall–Kier alpha value is -1.32. The first-order chi connectivity index (χ1) is 9.33. The SMILES string of the molecule is O=CNC(C(=O)N1CCCCC1)=C1CCCCCC1. The van der Waals surface area contributed by atoms with Gasteiger partial charge in [-0.05, 0) is 50.5 Å². The summed E-state index contributed by atoms with van der Waals surface area (Å²) in [4.78, 5) is 25.3. The van der Waals surface area contributed by atoms with Crippen molar-refractivity contribution in [3.8, 4) is 0 Å². The molecule has 0 aromatic heterocycles. The van der Waals surface area contributed by atoms with Gasteiger partial charge in [-0.2, -0.15) is 0 Å². The van der Waals surface area contributed by atoms with Crippen LogP contribution >= 0.6 is 0 Å². The number of nitrogens with zero attached hydrogens (tertiary/aromatic N) is 1. The molecule has 0 atom stereocenters. The molecule has 1 aliphatic heterocycles. The molecule has 2 rings (SSSR count). The highest BCUT2D eigenvalue weighted by molar-refractivity contribution is 5.95. The van der Waals surface area contributed by atoms with Crippen molar-refractivity contribution >= 4 is 12.3 Å². The second kappa shape index (κ2) is 7.31. The minimum Gasteiger partial charge on any atom is -0.337 e. The number of nitrogens with one attached hydrogen (secondary N) is 1. The van der Waals surface area contributed by atoms with E-state index in [1.165, 1.54) is 19.3 Å². The molecule has 4 nitrogen and oxygen atoms in total. The average Bonchev–Trinajstić information content (AvgIpc) is 2.74. The van der Waals surface area contributed by atoms with E-state index in [1.54, 1.807) is 0 Å². The monoisotopic (exact) mass is 264 g/mol. The van der Waals surface area contributed by atoms with Crippen molar-refractivity contribution in [1.82, 2.24) is 10.2 Å². The van der Waals surface area contributed by atoms with E-state index in [1.807, 2.05) is 4.90 Å². The van der Waals surface area contributed by atoms with E-state index in [2.05, 4.69) is 5.32 Å². The summed E-state index contributed by atoms with van der Waals surface area (Å²) in [6.45, 7) is 1.66. The van der Waals surface area contributed by atoms with Crippen molar-refractivity contribution in [3.05, 3.63) is 11.3 Å². The molecule has 0 unspecified atom stereocenters. The normalized spacial score (nSPS) is 20.6. The minimum atomic E-state index is 0.0312. The van der Waals surface area contributed by atoms with Gasteiger partial charge in [0.15, 0.2) is 0 Å². The van der Waals surface area contributed by atoms with Crippen LogP contribution < -0.4 is 5.32 Å². The maximum absolute atomic E-state index is 12.5. The molecule has 4 heteroatoms. The molecule has 19 heavy (non-hydrogen) atoms. The molecular weight excluding hydrogens is 240 g/mol. The highest BCUT2D eigenvalue weighted by atomic mass is 16.2. The van der Waals surface area contributed by atoms with Crippen molar-refractivity contribution in [1.29, 1.82) is 0 Å². The van der Waals surface area contributed by atoms with Crippen LogP contribution in [0.25, 0.3) is 0 Å². The maximum atomic E-state index is 12.5. The van der Waals surface area contributed by atoms with Crippen LogP contribution in [0.15, 0.2) is 11.3 Å². The van der Waals surface area contributed by atoms with E-state index < -0.39 is 0 Å². The highest BCUT2D eigenvalue weighted by Crippen LogP contribution is 2.25. The van der Waals surface area contributed by atoms with E-state index in [-0.39, 0.29) is 5.91 Å². The van der Waals surface area contributed by atoms with Gasteiger partial charge in [0.2, 0.25) is 6.41 Å². The van der Waals surface area contributed by atoms with Crippen molar-refractivity contribution in [2.24, 2.45) is 0 Å². The average molecular weight is 264 g/mol. The number of amides is 2. The topological polar surface area (TPSA) is 49.4 Å². The van der Waals surface area contributed by atoms with Crippen LogP contribution in [-0.4, -0.2) is 30.3 Å². The summed E-state index contributed by atoms with van der Waals surface area (Å²) >= 11 is 0. The molecule has 2 fully saturated rings. The minimum absolute atomic E-state index is 0.0312. The second-order valence-corrected chi connectivity index (χ2v) is 5.51. The van der Waals surface area contributed by atoms with Gasteiger partial charge in [0, 0.05) is 13.1 Å². The van der Waals surface area contributed by atoms with Crippen molar-refractivity contribution in [2.45, 2.75) is 57.8 Å². The highest BCUT2D eigenvalue weighted by Gasteiger charge is 2.23. The van der Waals surface area contributed by atoms with Crippen molar-refractivity contribution < 1.29 is 9.59 Å². The van der Waals surface area contributed by atoms with Gasteiger partial charge in [-0.25, -0.2) is 0 Å². The molecule has 0 aromatic carbocycles. The molecule has 2 aliphatic rings. The Morgan fingerprint density at radius 3 is 2.11 bits per heavy atom. The van der Waals surface area contributed by atoms with E-state index in [0.717, 1.165) is 57.2 Å². The molecule has 0 spiro atoms. The molecule has 2 amide bonds. The molecule has 0 bridgehead atoms. The van der Waals surface area contributed by atoms with Gasteiger partial charge in [-0.3, -0.25) is 9.59 Å². The lowest BCUT2D eigenvalue weighted by Gasteiger charge is -2.28. The predicted octanol–water partition coefficient (Wildman–Crippen LogP) is 2.35. The summed E-state index contributed by atoms with van der Waals surface area (Å²) in [5, 5.41) is 2.69. The van der Waals surface area contributed by atoms with Gasteiger partial charge < -0.3 is 10.2 Å². The second-order valence-electron chi connectivity index (χ2n) is 5.51. The van der Waals surface area contributed by atoms with Gasteiger partial charge in [-0.15, -0.1) is 0 Å². The summed E-state index contributed by atoms with van der Waals surface area (Å²) < 4.78 is 0. The fourth-order valence-corrected chi connectivity index (χ4v) is 3.03. The fourth-order valence-electron chi connectivity index (χ4n) is 3.03. The Kier molecular flexibility index (Phi) is 5.43. The summed E-state index contributed by atoms with van der Waals surface area (Å²) in [5.74, 6) is 0.0312. The number of piperidine rings is 1. The molecular formula is C15H24N2O2. The lowest BCUT2D eigenvalue weighted by Crippen LogP contribution is -2.40. The standard InChI is InChI=1S/C15H24N2O2/c18-12-16-14(13-8-4-1-2-5-9-13)15(19)17-10-6-3-7-11-17/h12H,1-11H2,(H,16,18). The van der Waals surface area contributed by atoms with Crippen LogP contribution in [0.5, 0.6) is 0 Å². The third-order valence-electron chi connectivity index (χ3n) is 4.12. The Morgan fingerprint density at radius 2 is 1.53 bits per heavy atom. The number of carbonyl (C=O) groups is 2.